The minimum atomic E-state index is -2.70. The maximum atomic E-state index is 13.5. The summed E-state index contributed by atoms with van der Waals surface area (Å²) in [5.41, 5.74) is 5.31. The van der Waals surface area contributed by atoms with Gasteiger partial charge in [0, 0.05) is 79.4 Å². The lowest BCUT2D eigenvalue weighted by atomic mass is 9.96. The third-order valence-corrected chi connectivity index (χ3v) is 10.3. The number of rotatable bonds is 10. The van der Waals surface area contributed by atoms with Crippen LogP contribution in [0.4, 0.5) is 28.8 Å². The van der Waals surface area contributed by atoms with Crippen LogP contribution in [-0.4, -0.2) is 72.0 Å². The second-order valence-corrected chi connectivity index (χ2v) is 15.9. The maximum Gasteiger partial charge on any atom is 0.229 e. The number of hydrogen-bond donors (Lipinski definition) is 2. The van der Waals surface area contributed by atoms with Crippen molar-refractivity contribution in [3.8, 4) is 16.9 Å². The third-order valence-electron chi connectivity index (χ3n) is 8.13. The number of aryl methyl sites for hydroxylation is 1. The van der Waals surface area contributed by atoms with Gasteiger partial charge in [-0.2, -0.15) is 10.1 Å². The summed E-state index contributed by atoms with van der Waals surface area (Å²) < 4.78 is 27.4. The zero-order valence-corrected chi connectivity index (χ0v) is 29.1. The number of piperidine rings is 1. The number of nitrogens with one attached hydrogen (secondary N) is 2. The van der Waals surface area contributed by atoms with Gasteiger partial charge in [0.2, 0.25) is 5.95 Å². The molecule has 1 atom stereocenters. The molecule has 0 amide bonds. The zero-order chi connectivity index (χ0) is 32.4. The molecule has 1 fully saturated rings. The van der Waals surface area contributed by atoms with E-state index >= 15 is 0 Å². The molecule has 6 rings (SSSR count). The molecule has 46 heavy (non-hydrogen) atoms. The van der Waals surface area contributed by atoms with Gasteiger partial charge in [-0.1, -0.05) is 6.07 Å². The highest BCUT2D eigenvalue weighted by Crippen LogP contribution is 2.43. The van der Waals surface area contributed by atoms with E-state index in [2.05, 4.69) is 58.7 Å². The first-order chi connectivity index (χ1) is 22.1. The lowest BCUT2D eigenvalue weighted by Crippen LogP contribution is -2.37. The second kappa shape index (κ2) is 13.4. The Kier molecular flexibility index (Phi) is 9.31. The van der Waals surface area contributed by atoms with Crippen LogP contribution in [0.5, 0.6) is 5.75 Å². The number of ether oxygens (including phenoxy) is 2. The highest BCUT2D eigenvalue weighted by atomic mass is 79.9. The highest BCUT2D eigenvalue weighted by Gasteiger charge is 2.25. The molecular weight excluding hydrogens is 667 g/mol. The van der Waals surface area contributed by atoms with Gasteiger partial charge in [-0.25, -0.2) is 4.98 Å². The van der Waals surface area contributed by atoms with E-state index in [1.807, 2.05) is 43.7 Å². The fourth-order valence-corrected chi connectivity index (χ4v) is 7.90. The van der Waals surface area contributed by atoms with E-state index in [1.54, 1.807) is 44.6 Å². The van der Waals surface area contributed by atoms with Crippen LogP contribution in [-0.2, 0) is 16.3 Å². The van der Waals surface area contributed by atoms with Crippen LogP contribution in [0.1, 0.15) is 12.8 Å². The zero-order valence-electron chi connectivity index (χ0n) is 26.6. The average molecular weight is 706 g/mol. The summed E-state index contributed by atoms with van der Waals surface area (Å²) in [4.78, 5) is 16.2. The van der Waals surface area contributed by atoms with Crippen molar-refractivity contribution < 1.29 is 14.0 Å². The van der Waals surface area contributed by atoms with Gasteiger partial charge in [0.05, 0.1) is 41.3 Å². The van der Waals surface area contributed by atoms with Crippen molar-refractivity contribution in [2.24, 2.45) is 13.0 Å². The summed E-state index contributed by atoms with van der Waals surface area (Å²) in [7, 11) is 2.64. The molecule has 1 aliphatic heterocycles. The summed E-state index contributed by atoms with van der Waals surface area (Å²) in [5, 5.41) is 12.8. The number of hydrogen-bond acceptors (Lipinski definition) is 10. The van der Waals surface area contributed by atoms with Crippen molar-refractivity contribution in [2.45, 2.75) is 12.8 Å². The van der Waals surface area contributed by atoms with Gasteiger partial charge in [0.25, 0.3) is 0 Å². The molecule has 2 aromatic carbocycles. The van der Waals surface area contributed by atoms with E-state index < -0.39 is 7.14 Å². The predicted octanol–water partition coefficient (Wildman–Crippen LogP) is 6.79. The first kappa shape index (κ1) is 32.0. The number of fused-ring (bicyclic) bond motifs is 1. The Hall–Kier alpha value is -3.99. The summed E-state index contributed by atoms with van der Waals surface area (Å²) in [6.07, 6.45) is 9.55. The van der Waals surface area contributed by atoms with Gasteiger partial charge in [-0.05, 0) is 72.3 Å². The molecule has 4 heterocycles. The molecule has 2 N–H and O–H groups in total. The Labute approximate surface area is 277 Å². The van der Waals surface area contributed by atoms with E-state index in [-0.39, 0.29) is 0 Å². The van der Waals surface area contributed by atoms with E-state index in [1.165, 1.54) is 0 Å². The Morgan fingerprint density at radius 1 is 1.09 bits per heavy atom. The molecule has 0 aliphatic carbocycles. The molecule has 0 radical (unpaired) electrons. The molecule has 0 spiro atoms. The molecule has 0 bridgehead atoms. The number of anilines is 5. The van der Waals surface area contributed by atoms with E-state index in [9.17, 15) is 4.57 Å². The number of benzene rings is 2. The van der Waals surface area contributed by atoms with Crippen molar-refractivity contribution in [1.82, 2.24) is 24.7 Å². The molecule has 3 aromatic heterocycles. The Morgan fingerprint density at radius 3 is 2.67 bits per heavy atom. The first-order valence-electron chi connectivity index (χ1n) is 15.1. The summed E-state index contributed by atoms with van der Waals surface area (Å²) in [5.74, 6) is 2.02. The minimum Gasteiger partial charge on any atom is -0.494 e. The van der Waals surface area contributed by atoms with Crippen molar-refractivity contribution >= 4 is 68.1 Å². The van der Waals surface area contributed by atoms with Crippen LogP contribution in [0.15, 0.2) is 65.7 Å². The van der Waals surface area contributed by atoms with Gasteiger partial charge in [-0.15, -0.1) is 0 Å². The van der Waals surface area contributed by atoms with Crippen molar-refractivity contribution in [3.05, 3.63) is 65.7 Å². The fourth-order valence-electron chi connectivity index (χ4n) is 6.13. The number of aromatic nitrogens is 5. The number of pyridine rings is 1. The quantitative estimate of drug-likeness (QED) is 0.150. The molecule has 11 nitrogen and oxygen atoms in total. The fraction of sp³-hybridized carbons (Fsp3) is 0.333. The molecule has 1 aliphatic rings. The second-order valence-electron chi connectivity index (χ2n) is 11.9. The third kappa shape index (κ3) is 6.74. The van der Waals surface area contributed by atoms with Gasteiger partial charge < -0.3 is 29.6 Å². The molecular formula is C33H38BrN8O3P. The van der Waals surface area contributed by atoms with Crippen LogP contribution < -0.4 is 25.6 Å². The molecule has 1 unspecified atom stereocenters. The van der Waals surface area contributed by atoms with E-state index in [0.29, 0.717) is 39.3 Å². The summed E-state index contributed by atoms with van der Waals surface area (Å²) >= 11 is 3.60. The lowest BCUT2D eigenvalue weighted by molar-refractivity contribution is 0.143. The molecule has 5 aromatic rings. The van der Waals surface area contributed by atoms with Gasteiger partial charge >= 0.3 is 0 Å². The van der Waals surface area contributed by atoms with Crippen LogP contribution in [0.2, 0.25) is 0 Å². The van der Waals surface area contributed by atoms with Crippen molar-refractivity contribution in [1.29, 1.82) is 0 Å². The summed E-state index contributed by atoms with van der Waals surface area (Å²) in [6, 6.07) is 11.8. The Morgan fingerprint density at radius 2 is 1.93 bits per heavy atom. The first-order valence-corrected chi connectivity index (χ1v) is 18.5. The predicted molar refractivity (Wildman–Crippen MR) is 189 cm³/mol. The van der Waals surface area contributed by atoms with Crippen LogP contribution in [0.3, 0.4) is 0 Å². The van der Waals surface area contributed by atoms with Crippen LogP contribution in [0, 0.1) is 5.92 Å². The van der Waals surface area contributed by atoms with Crippen LogP contribution >= 0.6 is 23.1 Å². The van der Waals surface area contributed by atoms with E-state index in [0.717, 1.165) is 65.6 Å². The number of halogens is 1. The largest absolute Gasteiger partial charge is 0.494 e. The molecule has 240 valence electrons. The van der Waals surface area contributed by atoms with Crippen molar-refractivity contribution in [3.63, 3.8) is 0 Å². The molecule has 1 saturated heterocycles. The number of nitrogens with zero attached hydrogens (tertiary/aromatic N) is 6. The van der Waals surface area contributed by atoms with Crippen molar-refractivity contribution in [2.75, 3.05) is 62.8 Å². The van der Waals surface area contributed by atoms with Gasteiger partial charge in [-0.3, -0.25) is 9.67 Å². The summed E-state index contributed by atoms with van der Waals surface area (Å²) in [6.45, 7) is 6.11. The van der Waals surface area contributed by atoms with Crippen LogP contribution in [0.25, 0.3) is 22.0 Å². The maximum absolute atomic E-state index is 13.5. The normalized spacial score (nSPS) is 15.3. The standard InChI is InChI=1S/C33H38BrN8O3P/c1-41-19-22(16-37-41)24-14-28(30(45-3)15-29(24)42-13-7-8-21(18-42)20-44-2)39-33-36-17-25(34)32(40-33)38-27-11-10-26-23(9-6-12-35-26)31(27)46(4,5)43/h6,9-12,14-17,19,21H,7-8,13,18,20H2,1-5H3,(H2,36,38,39,40). The lowest BCUT2D eigenvalue weighted by Gasteiger charge is -2.35. The Balaban J connectivity index is 1.37. The minimum absolute atomic E-state index is 0.368. The topological polar surface area (TPSA) is 119 Å². The average Bonchev–Trinajstić information content (AvgIpc) is 3.48. The van der Waals surface area contributed by atoms with Gasteiger partial charge in [0.15, 0.2) is 0 Å². The Bertz CT molecular complexity index is 1930. The highest BCUT2D eigenvalue weighted by molar-refractivity contribution is 9.10. The SMILES string of the molecule is COCC1CCCN(c2cc(OC)c(Nc3ncc(Br)c(Nc4ccc5ncccc5c4P(C)(C)=O)n3)cc2-c2cnn(C)c2)C1. The monoisotopic (exact) mass is 704 g/mol. The number of methoxy groups -OCH3 is 2. The smallest absolute Gasteiger partial charge is 0.229 e. The van der Waals surface area contributed by atoms with E-state index in [4.69, 9.17) is 14.5 Å². The molecule has 13 heteroatoms. The molecule has 0 saturated carbocycles. The van der Waals surface area contributed by atoms with Gasteiger partial charge in [0.1, 0.15) is 18.7 Å².